The Morgan fingerprint density at radius 3 is 2.88 bits per heavy atom. The summed E-state index contributed by atoms with van der Waals surface area (Å²) in [6.45, 7) is 0. The van der Waals surface area contributed by atoms with E-state index in [9.17, 15) is 9.59 Å². The maximum atomic E-state index is 12.5. The van der Waals surface area contributed by atoms with E-state index in [4.69, 9.17) is 4.42 Å². The first-order valence-electron chi connectivity index (χ1n) is 9.34. The number of benzene rings is 1. The highest BCUT2D eigenvalue weighted by molar-refractivity contribution is 5.80. The van der Waals surface area contributed by atoms with Crippen molar-refractivity contribution in [3.8, 4) is 0 Å². The fourth-order valence-corrected chi connectivity index (χ4v) is 4.26. The number of hydrogen-bond donors (Lipinski definition) is 2. The number of carbonyl (C=O) groups is 2. The van der Waals surface area contributed by atoms with E-state index < -0.39 is 0 Å². The summed E-state index contributed by atoms with van der Waals surface area (Å²) in [5.41, 5.74) is 2.19. The summed E-state index contributed by atoms with van der Waals surface area (Å²) in [6, 6.07) is 12.2. The van der Waals surface area contributed by atoms with Gasteiger partial charge in [0.15, 0.2) is 0 Å². The van der Waals surface area contributed by atoms with E-state index in [2.05, 4.69) is 22.8 Å². The van der Waals surface area contributed by atoms with Crippen LogP contribution < -0.4 is 10.6 Å². The Balaban J connectivity index is 1.37. The molecule has 2 amide bonds. The van der Waals surface area contributed by atoms with Gasteiger partial charge < -0.3 is 15.1 Å². The third kappa shape index (κ3) is 3.52. The second-order valence-corrected chi connectivity index (χ2v) is 7.44. The summed E-state index contributed by atoms with van der Waals surface area (Å²) < 4.78 is 5.46. The van der Waals surface area contributed by atoms with Crippen molar-refractivity contribution < 1.29 is 14.0 Å². The standard InChI is InChI=1S/C21H24N2O3/c24-19(22-18-8-7-15-4-1-2-6-17(15)18)9-11-21(12-10-20(25)23-21)14-16-5-3-13-26-16/h1-6,13,18H,7-12,14H2,(H,22,24)(H,23,25)/t18-,21+/m0/s1. The predicted octanol–water partition coefficient (Wildman–Crippen LogP) is 3.05. The van der Waals surface area contributed by atoms with Crippen LogP contribution in [0.2, 0.25) is 0 Å². The highest BCUT2D eigenvalue weighted by Crippen LogP contribution is 2.32. The lowest BCUT2D eigenvalue weighted by molar-refractivity contribution is -0.123. The van der Waals surface area contributed by atoms with E-state index in [1.165, 1.54) is 11.1 Å². The number of hydrogen-bond acceptors (Lipinski definition) is 3. The van der Waals surface area contributed by atoms with Gasteiger partial charge in [-0.2, -0.15) is 0 Å². The number of carbonyl (C=O) groups excluding carboxylic acids is 2. The van der Waals surface area contributed by atoms with Gasteiger partial charge in [0, 0.05) is 24.8 Å². The Morgan fingerprint density at radius 2 is 2.12 bits per heavy atom. The van der Waals surface area contributed by atoms with Gasteiger partial charge in [0.25, 0.3) is 0 Å². The summed E-state index contributed by atoms with van der Waals surface area (Å²) in [5, 5.41) is 6.26. The molecule has 1 aliphatic heterocycles. The zero-order valence-electron chi connectivity index (χ0n) is 14.8. The summed E-state index contributed by atoms with van der Waals surface area (Å²) >= 11 is 0. The van der Waals surface area contributed by atoms with Crippen LogP contribution in [0.5, 0.6) is 0 Å². The number of nitrogens with one attached hydrogen (secondary N) is 2. The molecular formula is C21H24N2O3. The van der Waals surface area contributed by atoms with Crippen molar-refractivity contribution in [2.45, 2.75) is 56.5 Å². The molecule has 2 aromatic rings. The Hall–Kier alpha value is -2.56. The van der Waals surface area contributed by atoms with Crippen LogP contribution in [-0.4, -0.2) is 17.4 Å². The topological polar surface area (TPSA) is 71.3 Å². The van der Waals surface area contributed by atoms with E-state index in [1.807, 2.05) is 24.3 Å². The molecule has 26 heavy (non-hydrogen) atoms. The lowest BCUT2D eigenvalue weighted by atomic mass is 9.87. The molecule has 0 radical (unpaired) electrons. The van der Waals surface area contributed by atoms with E-state index >= 15 is 0 Å². The van der Waals surface area contributed by atoms with Crippen molar-refractivity contribution in [3.05, 3.63) is 59.5 Å². The first kappa shape index (κ1) is 16.9. The number of furan rings is 1. The van der Waals surface area contributed by atoms with Crippen molar-refractivity contribution in [1.82, 2.24) is 10.6 Å². The molecule has 1 aromatic heterocycles. The molecule has 5 heteroatoms. The van der Waals surface area contributed by atoms with Gasteiger partial charge in [-0.1, -0.05) is 24.3 Å². The zero-order chi connectivity index (χ0) is 18.0. The van der Waals surface area contributed by atoms with Crippen LogP contribution in [0, 0.1) is 0 Å². The molecule has 136 valence electrons. The zero-order valence-corrected chi connectivity index (χ0v) is 14.8. The maximum absolute atomic E-state index is 12.5. The smallest absolute Gasteiger partial charge is 0.220 e. The molecule has 0 spiro atoms. The van der Waals surface area contributed by atoms with Crippen LogP contribution >= 0.6 is 0 Å². The molecule has 1 aromatic carbocycles. The lowest BCUT2D eigenvalue weighted by Gasteiger charge is -2.28. The Morgan fingerprint density at radius 1 is 1.23 bits per heavy atom. The van der Waals surface area contributed by atoms with Crippen molar-refractivity contribution in [1.29, 1.82) is 0 Å². The second-order valence-electron chi connectivity index (χ2n) is 7.44. The van der Waals surface area contributed by atoms with Crippen LogP contribution in [-0.2, 0) is 22.4 Å². The van der Waals surface area contributed by atoms with E-state index in [1.54, 1.807) is 6.26 Å². The van der Waals surface area contributed by atoms with Gasteiger partial charge in [-0.25, -0.2) is 0 Å². The molecule has 1 aliphatic carbocycles. The fourth-order valence-electron chi connectivity index (χ4n) is 4.26. The van der Waals surface area contributed by atoms with Gasteiger partial charge in [0.2, 0.25) is 11.8 Å². The van der Waals surface area contributed by atoms with E-state index in [0.717, 1.165) is 25.0 Å². The van der Waals surface area contributed by atoms with Crippen LogP contribution in [0.15, 0.2) is 47.1 Å². The van der Waals surface area contributed by atoms with Crippen LogP contribution in [0.25, 0.3) is 0 Å². The average Bonchev–Trinajstić information content (AvgIpc) is 3.36. The van der Waals surface area contributed by atoms with Crippen molar-refractivity contribution in [2.75, 3.05) is 0 Å². The molecule has 2 heterocycles. The molecule has 1 fully saturated rings. The van der Waals surface area contributed by atoms with E-state index in [-0.39, 0.29) is 23.4 Å². The average molecular weight is 352 g/mol. The SMILES string of the molecule is O=C(CC[C@]1(Cc2ccco2)CCC(=O)N1)N[C@H]1CCc2ccccc21. The third-order valence-electron chi connectivity index (χ3n) is 5.63. The molecule has 2 N–H and O–H groups in total. The lowest BCUT2D eigenvalue weighted by Crippen LogP contribution is -2.44. The van der Waals surface area contributed by atoms with Gasteiger partial charge in [-0.15, -0.1) is 0 Å². The summed E-state index contributed by atoms with van der Waals surface area (Å²) in [7, 11) is 0. The summed E-state index contributed by atoms with van der Waals surface area (Å²) in [5.74, 6) is 0.950. The Labute approximate surface area is 153 Å². The van der Waals surface area contributed by atoms with Crippen LogP contribution in [0.3, 0.4) is 0 Å². The van der Waals surface area contributed by atoms with Crippen molar-refractivity contribution >= 4 is 11.8 Å². The van der Waals surface area contributed by atoms with Crippen LogP contribution in [0.1, 0.15) is 55.0 Å². The number of rotatable bonds is 6. The first-order valence-corrected chi connectivity index (χ1v) is 9.34. The number of aryl methyl sites for hydroxylation is 1. The molecular weight excluding hydrogens is 328 g/mol. The fraction of sp³-hybridized carbons (Fsp3) is 0.429. The molecule has 2 atom stereocenters. The Bertz CT molecular complexity index is 799. The third-order valence-corrected chi connectivity index (χ3v) is 5.63. The minimum absolute atomic E-state index is 0.0478. The normalized spacial score (nSPS) is 24.3. The molecule has 0 saturated carbocycles. The molecule has 0 unspecified atom stereocenters. The quantitative estimate of drug-likeness (QED) is 0.839. The highest BCUT2D eigenvalue weighted by Gasteiger charge is 2.38. The van der Waals surface area contributed by atoms with Crippen molar-refractivity contribution in [2.24, 2.45) is 0 Å². The van der Waals surface area contributed by atoms with E-state index in [0.29, 0.717) is 25.7 Å². The van der Waals surface area contributed by atoms with Gasteiger partial charge in [0.05, 0.1) is 12.3 Å². The molecule has 0 bridgehead atoms. The molecule has 2 aliphatic rings. The molecule has 5 nitrogen and oxygen atoms in total. The maximum Gasteiger partial charge on any atom is 0.220 e. The monoisotopic (exact) mass is 352 g/mol. The van der Waals surface area contributed by atoms with Gasteiger partial charge >= 0.3 is 0 Å². The largest absolute Gasteiger partial charge is 0.469 e. The Kier molecular flexibility index (Phi) is 4.53. The molecule has 1 saturated heterocycles. The minimum Gasteiger partial charge on any atom is -0.469 e. The van der Waals surface area contributed by atoms with Gasteiger partial charge in [-0.3, -0.25) is 9.59 Å². The summed E-state index contributed by atoms with van der Waals surface area (Å²) in [4.78, 5) is 24.4. The minimum atomic E-state index is -0.375. The van der Waals surface area contributed by atoms with Crippen LogP contribution in [0.4, 0.5) is 0 Å². The van der Waals surface area contributed by atoms with Crippen molar-refractivity contribution in [3.63, 3.8) is 0 Å². The number of amides is 2. The van der Waals surface area contributed by atoms with Gasteiger partial charge in [-0.05, 0) is 48.9 Å². The summed E-state index contributed by atoms with van der Waals surface area (Å²) in [6.07, 6.45) is 6.53. The van der Waals surface area contributed by atoms with Gasteiger partial charge in [0.1, 0.15) is 5.76 Å². The second kappa shape index (κ2) is 6.98. The predicted molar refractivity (Wildman–Crippen MR) is 97.4 cm³/mol. The highest BCUT2D eigenvalue weighted by atomic mass is 16.3. The molecule has 4 rings (SSSR count). The number of fused-ring (bicyclic) bond motifs is 1. The first-order chi connectivity index (χ1) is 12.6.